The van der Waals surface area contributed by atoms with Gasteiger partial charge in [-0.25, -0.2) is 4.79 Å². The van der Waals surface area contributed by atoms with Crippen molar-refractivity contribution in [1.82, 2.24) is 4.90 Å². The van der Waals surface area contributed by atoms with Crippen LogP contribution in [-0.2, 0) is 22.4 Å². The number of carbonyl (C=O) groups is 3. The lowest BCUT2D eigenvalue weighted by atomic mass is 10.00. The van der Waals surface area contributed by atoms with Gasteiger partial charge in [-0.15, -0.1) is 0 Å². The molecular formula is C28H29N3O4. The minimum atomic E-state index is -0.868. The van der Waals surface area contributed by atoms with Gasteiger partial charge in [-0.3, -0.25) is 9.59 Å². The molecule has 1 atom stereocenters. The predicted octanol–water partition coefficient (Wildman–Crippen LogP) is 5.17. The van der Waals surface area contributed by atoms with Crippen molar-refractivity contribution in [3.8, 4) is 0 Å². The van der Waals surface area contributed by atoms with Gasteiger partial charge < -0.3 is 20.6 Å². The van der Waals surface area contributed by atoms with E-state index >= 15 is 0 Å². The third-order valence-electron chi connectivity index (χ3n) is 6.22. The lowest BCUT2D eigenvalue weighted by molar-refractivity contribution is -0.136. The minimum Gasteiger partial charge on any atom is -0.481 e. The number of benzene rings is 3. The second kappa shape index (κ2) is 10.9. The van der Waals surface area contributed by atoms with E-state index < -0.39 is 5.97 Å². The second-order valence-electron chi connectivity index (χ2n) is 8.83. The molecule has 1 heterocycles. The van der Waals surface area contributed by atoms with Gasteiger partial charge in [0.1, 0.15) is 0 Å². The number of carbonyl (C=O) groups excluding carboxylic acids is 2. The van der Waals surface area contributed by atoms with E-state index in [0.29, 0.717) is 12.2 Å². The Labute approximate surface area is 204 Å². The zero-order valence-electron chi connectivity index (χ0n) is 19.7. The Hall–Kier alpha value is -4.13. The van der Waals surface area contributed by atoms with Crippen LogP contribution in [0.4, 0.5) is 16.2 Å². The number of para-hydroxylation sites is 1. The third-order valence-corrected chi connectivity index (χ3v) is 6.22. The van der Waals surface area contributed by atoms with Crippen LogP contribution in [0.5, 0.6) is 0 Å². The molecule has 35 heavy (non-hydrogen) atoms. The summed E-state index contributed by atoms with van der Waals surface area (Å²) in [6.07, 6.45) is 2.01. The quantitative estimate of drug-likeness (QED) is 0.443. The number of anilines is 2. The number of rotatable bonds is 7. The lowest BCUT2D eigenvalue weighted by Crippen LogP contribution is -2.31. The van der Waals surface area contributed by atoms with Crippen LogP contribution >= 0.6 is 0 Å². The average molecular weight is 472 g/mol. The molecule has 1 unspecified atom stereocenters. The van der Waals surface area contributed by atoms with Crippen molar-refractivity contribution in [2.75, 3.05) is 17.2 Å². The Morgan fingerprint density at radius 2 is 1.69 bits per heavy atom. The van der Waals surface area contributed by atoms with Crippen LogP contribution in [0.2, 0.25) is 0 Å². The highest BCUT2D eigenvalue weighted by Gasteiger charge is 2.30. The Morgan fingerprint density at radius 3 is 2.43 bits per heavy atom. The molecular weight excluding hydrogens is 442 g/mol. The summed E-state index contributed by atoms with van der Waals surface area (Å²) in [5.41, 5.74) is 4.95. The first-order valence-corrected chi connectivity index (χ1v) is 11.7. The number of hydrogen-bond acceptors (Lipinski definition) is 3. The molecule has 3 amide bonds. The standard InChI is InChI=1S/C28H29N3O4/c1-19-6-2-3-9-24(19)30-28(35)29-23-13-11-20(12-14-23)17-26(32)31-15-5-10-25(31)22-8-4-7-21(16-22)18-27(33)34/h2-4,6-9,11-14,16,25H,5,10,15,17-18H2,1H3,(H,33,34)(H2,29,30,35). The number of nitrogens with zero attached hydrogens (tertiary/aromatic N) is 1. The van der Waals surface area contributed by atoms with Crippen molar-refractivity contribution in [1.29, 1.82) is 0 Å². The number of aliphatic carboxylic acids is 1. The van der Waals surface area contributed by atoms with Crippen molar-refractivity contribution in [3.63, 3.8) is 0 Å². The van der Waals surface area contributed by atoms with E-state index in [4.69, 9.17) is 5.11 Å². The van der Waals surface area contributed by atoms with Gasteiger partial charge in [0.05, 0.1) is 18.9 Å². The summed E-state index contributed by atoms with van der Waals surface area (Å²) in [6, 6.07) is 22.0. The van der Waals surface area contributed by atoms with E-state index in [0.717, 1.165) is 40.8 Å². The van der Waals surface area contributed by atoms with Gasteiger partial charge in [0, 0.05) is 17.9 Å². The lowest BCUT2D eigenvalue weighted by Gasteiger charge is -2.25. The van der Waals surface area contributed by atoms with Gasteiger partial charge in [0.15, 0.2) is 0 Å². The van der Waals surface area contributed by atoms with Gasteiger partial charge in [0.25, 0.3) is 0 Å². The first kappa shape index (κ1) is 24.0. The summed E-state index contributed by atoms with van der Waals surface area (Å²) < 4.78 is 0. The van der Waals surface area contributed by atoms with Crippen LogP contribution in [0.3, 0.4) is 0 Å². The molecule has 0 radical (unpaired) electrons. The molecule has 0 aliphatic carbocycles. The molecule has 0 saturated carbocycles. The van der Waals surface area contributed by atoms with E-state index in [-0.39, 0.29) is 30.8 Å². The summed E-state index contributed by atoms with van der Waals surface area (Å²) in [5.74, 6) is -0.832. The number of likely N-dealkylation sites (tertiary alicyclic amines) is 1. The maximum Gasteiger partial charge on any atom is 0.323 e. The molecule has 180 valence electrons. The van der Waals surface area contributed by atoms with E-state index in [9.17, 15) is 14.4 Å². The normalized spacial score (nSPS) is 15.0. The number of carboxylic acids is 1. The van der Waals surface area contributed by atoms with Crippen molar-refractivity contribution in [2.45, 2.75) is 38.6 Å². The van der Waals surface area contributed by atoms with Crippen LogP contribution in [0.15, 0.2) is 72.8 Å². The van der Waals surface area contributed by atoms with E-state index in [1.165, 1.54) is 0 Å². The van der Waals surface area contributed by atoms with Gasteiger partial charge in [0.2, 0.25) is 5.91 Å². The molecule has 3 aromatic carbocycles. The van der Waals surface area contributed by atoms with E-state index in [1.54, 1.807) is 18.2 Å². The maximum absolute atomic E-state index is 13.1. The van der Waals surface area contributed by atoms with Gasteiger partial charge in [-0.2, -0.15) is 0 Å². The van der Waals surface area contributed by atoms with Crippen LogP contribution in [-0.4, -0.2) is 34.5 Å². The van der Waals surface area contributed by atoms with Crippen molar-refractivity contribution in [3.05, 3.63) is 95.1 Å². The molecule has 1 fully saturated rings. The number of nitrogens with one attached hydrogen (secondary N) is 2. The highest BCUT2D eigenvalue weighted by atomic mass is 16.4. The highest BCUT2D eigenvalue weighted by Crippen LogP contribution is 2.33. The first-order chi connectivity index (χ1) is 16.9. The molecule has 1 saturated heterocycles. The summed E-state index contributed by atoms with van der Waals surface area (Å²) in [5, 5.41) is 14.7. The fourth-order valence-corrected chi connectivity index (χ4v) is 4.48. The third kappa shape index (κ3) is 6.26. The van der Waals surface area contributed by atoms with E-state index in [1.807, 2.05) is 66.4 Å². The fraction of sp³-hybridized carbons (Fsp3) is 0.250. The molecule has 3 aromatic rings. The molecule has 1 aliphatic rings. The zero-order chi connectivity index (χ0) is 24.8. The van der Waals surface area contributed by atoms with Crippen LogP contribution < -0.4 is 10.6 Å². The maximum atomic E-state index is 13.1. The molecule has 4 rings (SSSR count). The Bertz CT molecular complexity index is 1220. The summed E-state index contributed by atoms with van der Waals surface area (Å²) in [6.45, 7) is 2.62. The van der Waals surface area contributed by atoms with Crippen molar-refractivity contribution in [2.24, 2.45) is 0 Å². The molecule has 0 spiro atoms. The topological polar surface area (TPSA) is 98.7 Å². The number of aryl methyl sites for hydroxylation is 1. The average Bonchev–Trinajstić information content (AvgIpc) is 3.32. The van der Waals surface area contributed by atoms with Crippen molar-refractivity contribution >= 4 is 29.3 Å². The highest BCUT2D eigenvalue weighted by molar-refractivity contribution is 6.00. The van der Waals surface area contributed by atoms with Gasteiger partial charge in [-0.05, 0) is 60.2 Å². The number of urea groups is 1. The molecule has 7 nitrogen and oxygen atoms in total. The molecule has 7 heteroatoms. The summed E-state index contributed by atoms with van der Waals surface area (Å²) in [4.78, 5) is 38.4. The van der Waals surface area contributed by atoms with Crippen molar-refractivity contribution < 1.29 is 19.5 Å². The van der Waals surface area contributed by atoms with Gasteiger partial charge >= 0.3 is 12.0 Å². The Morgan fingerprint density at radius 1 is 0.914 bits per heavy atom. The molecule has 0 aromatic heterocycles. The predicted molar refractivity (Wildman–Crippen MR) is 135 cm³/mol. The zero-order valence-corrected chi connectivity index (χ0v) is 19.7. The molecule has 1 aliphatic heterocycles. The largest absolute Gasteiger partial charge is 0.481 e. The van der Waals surface area contributed by atoms with E-state index in [2.05, 4.69) is 10.6 Å². The SMILES string of the molecule is Cc1ccccc1NC(=O)Nc1ccc(CC(=O)N2CCCC2c2cccc(CC(=O)O)c2)cc1. The van der Waals surface area contributed by atoms with Crippen LogP contribution in [0, 0.1) is 6.92 Å². The van der Waals surface area contributed by atoms with Crippen LogP contribution in [0.1, 0.15) is 41.1 Å². The molecule has 0 bridgehead atoms. The smallest absolute Gasteiger partial charge is 0.323 e. The van der Waals surface area contributed by atoms with Crippen LogP contribution in [0.25, 0.3) is 0 Å². The molecule has 3 N–H and O–H groups in total. The number of amides is 3. The summed E-state index contributed by atoms with van der Waals surface area (Å²) >= 11 is 0. The monoisotopic (exact) mass is 471 g/mol. The second-order valence-corrected chi connectivity index (χ2v) is 8.83. The summed E-state index contributed by atoms with van der Waals surface area (Å²) in [7, 11) is 0. The fourth-order valence-electron chi connectivity index (χ4n) is 4.48. The number of hydrogen-bond donors (Lipinski definition) is 3. The number of carboxylic acid groups (broad SMARTS) is 1. The minimum absolute atomic E-state index is 0.0299. The Kier molecular flexibility index (Phi) is 7.45. The van der Waals surface area contributed by atoms with Gasteiger partial charge in [-0.1, -0.05) is 54.6 Å². The first-order valence-electron chi connectivity index (χ1n) is 11.7. The Balaban J connectivity index is 1.36.